The maximum atomic E-state index is 5.30. The Bertz CT molecular complexity index is 3040. The summed E-state index contributed by atoms with van der Waals surface area (Å²) in [4.78, 5) is 19.9. The van der Waals surface area contributed by atoms with Gasteiger partial charge in [-0.05, 0) is 93.8 Å². The number of aromatic nitrogens is 6. The van der Waals surface area contributed by atoms with Crippen LogP contribution in [0.3, 0.4) is 0 Å². The molecule has 0 aliphatic heterocycles. The standard InChI is InChI=1S/C54H38N6/c1-4-16-38(17-5-1)37-60-54(58-53(59-60)40-20-8-3-9-21-40)45-25-15-23-42(33-45)41-22-14-24-43(32-41)52-36-46(35-51(57-52)39-18-6-2-7-19-39)47-29-28-44(49-26-10-12-30-55-49)34-48(47)50-27-11-13-31-56-50/h1-36H,37H2. The molecule has 0 saturated carbocycles. The van der Waals surface area contributed by atoms with E-state index in [9.17, 15) is 0 Å². The van der Waals surface area contributed by atoms with E-state index in [1.165, 1.54) is 0 Å². The van der Waals surface area contributed by atoms with Crippen LogP contribution in [0, 0.1) is 0 Å². The summed E-state index contributed by atoms with van der Waals surface area (Å²) < 4.78 is 2.01. The van der Waals surface area contributed by atoms with Crippen LogP contribution >= 0.6 is 0 Å². The van der Waals surface area contributed by atoms with Gasteiger partial charge in [0.1, 0.15) is 12.4 Å². The molecule has 4 aromatic heterocycles. The van der Waals surface area contributed by atoms with Crippen molar-refractivity contribution in [2.24, 2.45) is 0 Å². The van der Waals surface area contributed by atoms with Crippen LogP contribution in [0.15, 0.2) is 219 Å². The third kappa shape index (κ3) is 7.65. The average molecular weight is 771 g/mol. The molecule has 0 aliphatic rings. The fourth-order valence-electron chi connectivity index (χ4n) is 7.64. The largest absolute Gasteiger partial charge is 0.397 e. The lowest BCUT2D eigenvalue weighted by Gasteiger charge is -2.15. The van der Waals surface area contributed by atoms with E-state index < -0.39 is 0 Å². The normalized spacial score (nSPS) is 11.1. The van der Waals surface area contributed by atoms with Gasteiger partial charge in [-0.25, -0.2) is 4.98 Å². The number of rotatable bonds is 10. The Morgan fingerprint density at radius 1 is 0.350 bits per heavy atom. The predicted molar refractivity (Wildman–Crippen MR) is 240 cm³/mol. The summed E-state index contributed by atoms with van der Waals surface area (Å²) in [5, 5.41) is 5.01. The van der Waals surface area contributed by atoms with Gasteiger partial charge in [-0.2, -0.15) is 0 Å². The first kappa shape index (κ1) is 36.3. The summed E-state index contributed by atoms with van der Waals surface area (Å²) in [7, 11) is 0. The van der Waals surface area contributed by atoms with Crippen molar-refractivity contribution in [1.29, 1.82) is 0 Å². The van der Waals surface area contributed by atoms with Crippen LogP contribution in [-0.2, 0) is 6.54 Å². The second kappa shape index (κ2) is 16.4. The van der Waals surface area contributed by atoms with E-state index >= 15 is 0 Å². The molecule has 0 amide bonds. The first-order valence-corrected chi connectivity index (χ1v) is 20.0. The molecule has 0 atom stereocenters. The quantitative estimate of drug-likeness (QED) is 0.130. The van der Waals surface area contributed by atoms with Gasteiger partial charge < -0.3 is 4.98 Å². The van der Waals surface area contributed by atoms with E-state index in [1.807, 2.05) is 77.7 Å². The minimum Gasteiger partial charge on any atom is -0.397 e. The van der Waals surface area contributed by atoms with Gasteiger partial charge >= 0.3 is 0 Å². The highest BCUT2D eigenvalue weighted by molar-refractivity contribution is 5.88. The third-order valence-electron chi connectivity index (χ3n) is 10.6. The van der Waals surface area contributed by atoms with Crippen LogP contribution in [0.2, 0.25) is 0 Å². The van der Waals surface area contributed by atoms with Gasteiger partial charge in [0.2, 0.25) is 0 Å². The minimum absolute atomic E-state index is 0.607. The van der Waals surface area contributed by atoms with Crippen LogP contribution in [0.1, 0.15) is 5.56 Å². The molecule has 0 saturated heterocycles. The molecular formula is C54H38N6. The van der Waals surface area contributed by atoms with Gasteiger partial charge in [0.05, 0.1) is 22.8 Å². The molecule has 6 heteroatoms. The van der Waals surface area contributed by atoms with Crippen LogP contribution in [-0.4, -0.2) is 19.9 Å². The molecule has 0 radical (unpaired) electrons. The van der Waals surface area contributed by atoms with Gasteiger partial charge in [-0.15, -0.1) is 0 Å². The van der Waals surface area contributed by atoms with Gasteiger partial charge in [0.25, 0.3) is 0 Å². The van der Waals surface area contributed by atoms with Gasteiger partial charge in [0.15, 0.2) is 0 Å². The van der Waals surface area contributed by atoms with Crippen molar-refractivity contribution in [3.05, 3.63) is 224 Å². The minimum atomic E-state index is 0.607. The van der Waals surface area contributed by atoms with E-state index in [2.05, 4.69) is 151 Å². The van der Waals surface area contributed by atoms with Crippen LogP contribution in [0.25, 0.3) is 90.1 Å². The molecule has 0 bridgehead atoms. The van der Waals surface area contributed by atoms with Crippen LogP contribution < -0.4 is 9.78 Å². The first-order chi connectivity index (χ1) is 29.7. The molecule has 4 heterocycles. The Hall–Kier alpha value is -8.09. The molecule has 10 aromatic rings. The molecule has 0 spiro atoms. The molecule has 0 aliphatic carbocycles. The number of benzene rings is 6. The average Bonchev–Trinajstić information content (AvgIpc) is 3.76. The molecule has 0 N–H and O–H groups in total. The highest BCUT2D eigenvalue weighted by Gasteiger charge is 2.16. The second-order valence-corrected chi connectivity index (χ2v) is 14.6. The van der Waals surface area contributed by atoms with Crippen LogP contribution in [0.4, 0.5) is 0 Å². The van der Waals surface area contributed by atoms with Crippen LogP contribution in [0.5, 0.6) is 0 Å². The summed E-state index contributed by atoms with van der Waals surface area (Å²) in [6.45, 7) is 0.607. The van der Waals surface area contributed by atoms with Crippen molar-refractivity contribution in [1.82, 2.24) is 25.0 Å². The fourth-order valence-corrected chi connectivity index (χ4v) is 7.64. The van der Waals surface area contributed by atoms with Crippen molar-refractivity contribution >= 4 is 0 Å². The number of hydrogen-bond acceptors (Lipinski definition) is 4. The highest BCUT2D eigenvalue weighted by Crippen LogP contribution is 2.38. The lowest BCUT2D eigenvalue weighted by molar-refractivity contribution is -0.737. The maximum Gasteiger partial charge on any atom is 0.126 e. The van der Waals surface area contributed by atoms with Gasteiger partial charge in [-0.3, -0.25) is 19.7 Å². The topological polar surface area (TPSA) is 69.5 Å². The Morgan fingerprint density at radius 2 is 0.900 bits per heavy atom. The maximum absolute atomic E-state index is 5.30. The molecule has 0 fully saturated rings. The Morgan fingerprint density at radius 3 is 1.58 bits per heavy atom. The summed E-state index contributed by atoms with van der Waals surface area (Å²) in [6, 6.07) is 71.1. The van der Waals surface area contributed by atoms with Gasteiger partial charge in [-0.1, -0.05) is 152 Å². The summed E-state index contributed by atoms with van der Waals surface area (Å²) >= 11 is 0. The zero-order valence-corrected chi connectivity index (χ0v) is 32.7. The molecule has 0 unspecified atom stereocenters. The number of pyridine rings is 3. The lowest BCUT2D eigenvalue weighted by atomic mass is 9.92. The monoisotopic (exact) mass is 770 g/mol. The molecule has 6 nitrogen and oxygen atoms in total. The molecule has 284 valence electrons. The fraction of sp³-hybridized carbons (Fsp3) is 0.0185. The number of nitrogens with zero attached hydrogens (tertiary/aromatic N) is 6. The number of hydrogen-bond donors (Lipinski definition) is 0. The highest BCUT2D eigenvalue weighted by atomic mass is 15.3. The van der Waals surface area contributed by atoms with E-state index in [-0.39, 0.29) is 0 Å². The molecular weight excluding hydrogens is 733 g/mol. The Balaban J connectivity index is 1.07. The first-order valence-electron chi connectivity index (χ1n) is 20.0. The van der Waals surface area contributed by atoms with Crippen molar-refractivity contribution in [3.63, 3.8) is 0 Å². The zero-order valence-electron chi connectivity index (χ0n) is 32.7. The van der Waals surface area contributed by atoms with Crippen molar-refractivity contribution in [2.45, 2.75) is 6.54 Å². The Kier molecular flexibility index (Phi) is 9.92. The lowest BCUT2D eigenvalue weighted by Crippen LogP contribution is -2.40. The van der Waals surface area contributed by atoms with E-state index in [4.69, 9.17) is 20.1 Å². The summed E-state index contributed by atoms with van der Waals surface area (Å²) in [5.74, 6) is 1.52. The van der Waals surface area contributed by atoms with E-state index in [1.54, 1.807) is 0 Å². The zero-order chi connectivity index (χ0) is 40.1. The summed E-state index contributed by atoms with van der Waals surface area (Å²) in [6.07, 6.45) is 3.67. The smallest absolute Gasteiger partial charge is 0.126 e. The molecule has 6 aromatic carbocycles. The van der Waals surface area contributed by atoms with Crippen molar-refractivity contribution in [3.8, 4) is 90.1 Å². The van der Waals surface area contributed by atoms with Crippen molar-refractivity contribution < 1.29 is 4.68 Å². The van der Waals surface area contributed by atoms with E-state index in [0.717, 1.165) is 89.8 Å². The third-order valence-corrected chi connectivity index (χ3v) is 10.6. The van der Waals surface area contributed by atoms with E-state index in [0.29, 0.717) is 12.4 Å². The van der Waals surface area contributed by atoms with Gasteiger partial charge in [0, 0.05) is 40.2 Å². The predicted octanol–water partition coefficient (Wildman–Crippen LogP) is 11.9. The SMILES string of the molecule is c1ccc(C[n+]2[n-]c(-c3ccccc3)nc2-c2cccc(-c3cccc(-c4cc(-c5ccc(-c6ccccn6)cc5-c5ccccn5)cc(-c5ccccc5)n4)c3)c2)cc1. The molecule has 10 rings (SSSR count). The Labute approximate surface area is 349 Å². The summed E-state index contributed by atoms with van der Waals surface area (Å²) in [5.41, 5.74) is 15.1. The second-order valence-electron chi connectivity index (χ2n) is 14.6. The molecule has 60 heavy (non-hydrogen) atoms. The van der Waals surface area contributed by atoms with Crippen molar-refractivity contribution in [2.75, 3.05) is 0 Å².